The van der Waals surface area contributed by atoms with E-state index in [-0.39, 0.29) is 17.6 Å². The van der Waals surface area contributed by atoms with Gasteiger partial charge in [-0.15, -0.1) is 6.58 Å². The molecule has 0 unspecified atom stereocenters. The Morgan fingerprint density at radius 3 is 2.39 bits per heavy atom. The van der Waals surface area contributed by atoms with Gasteiger partial charge in [-0.3, -0.25) is 0 Å². The topological polar surface area (TPSA) is 60.7 Å². The summed E-state index contributed by atoms with van der Waals surface area (Å²) in [6, 6.07) is 15.2. The maximum atomic E-state index is 10.7. The van der Waals surface area contributed by atoms with Gasteiger partial charge in [-0.05, 0) is 54.2 Å². The lowest BCUT2D eigenvalue weighted by Crippen LogP contribution is -2.33. The highest BCUT2D eigenvalue weighted by molar-refractivity contribution is 9.10. The minimum absolute atomic E-state index is 0.0420. The SMILES string of the molecule is C=C[C@H]([C@H](O)CC/C(=C/c1cc(Br)ccc1O)c1ccccc1)[C@H](O)C(C)C. The van der Waals surface area contributed by atoms with Gasteiger partial charge in [0.05, 0.1) is 12.2 Å². The summed E-state index contributed by atoms with van der Waals surface area (Å²) in [7, 11) is 0. The second kappa shape index (κ2) is 10.6. The van der Waals surface area contributed by atoms with Crippen LogP contribution in [0, 0.1) is 11.8 Å². The molecule has 0 fully saturated rings. The summed E-state index contributed by atoms with van der Waals surface area (Å²) in [5.74, 6) is -0.131. The number of phenols is 1. The summed E-state index contributed by atoms with van der Waals surface area (Å²) in [5.41, 5.74) is 2.76. The highest BCUT2D eigenvalue weighted by Crippen LogP contribution is 2.31. The van der Waals surface area contributed by atoms with Gasteiger partial charge in [0, 0.05) is 16.0 Å². The Morgan fingerprint density at radius 1 is 1.11 bits per heavy atom. The maximum Gasteiger partial charge on any atom is 0.122 e. The van der Waals surface area contributed by atoms with Crippen molar-refractivity contribution in [3.8, 4) is 5.75 Å². The minimum atomic E-state index is -0.696. The van der Waals surface area contributed by atoms with Crippen LogP contribution in [0.15, 0.2) is 65.7 Å². The van der Waals surface area contributed by atoms with Crippen LogP contribution in [-0.2, 0) is 0 Å². The van der Waals surface area contributed by atoms with E-state index < -0.39 is 12.2 Å². The molecule has 3 atom stereocenters. The van der Waals surface area contributed by atoms with E-state index in [0.29, 0.717) is 18.4 Å². The van der Waals surface area contributed by atoms with Crippen molar-refractivity contribution < 1.29 is 15.3 Å². The number of benzene rings is 2. The first-order valence-corrected chi connectivity index (χ1v) is 10.4. The second-order valence-corrected chi connectivity index (χ2v) is 8.31. The van der Waals surface area contributed by atoms with Crippen molar-refractivity contribution in [1.29, 1.82) is 0 Å². The Kier molecular flexibility index (Phi) is 8.49. The molecule has 2 aromatic rings. The molecular formula is C24H29BrO3. The molecule has 3 N–H and O–H groups in total. The van der Waals surface area contributed by atoms with Gasteiger partial charge in [-0.2, -0.15) is 0 Å². The molecule has 2 rings (SSSR count). The lowest BCUT2D eigenvalue weighted by Gasteiger charge is -2.27. The van der Waals surface area contributed by atoms with E-state index in [1.54, 1.807) is 18.2 Å². The van der Waals surface area contributed by atoms with Gasteiger partial charge >= 0.3 is 0 Å². The Hall–Kier alpha value is -1.88. The Bertz CT molecular complexity index is 799. The van der Waals surface area contributed by atoms with Crippen LogP contribution in [0.25, 0.3) is 11.6 Å². The molecule has 3 nitrogen and oxygen atoms in total. The van der Waals surface area contributed by atoms with Crippen molar-refractivity contribution in [1.82, 2.24) is 0 Å². The fraction of sp³-hybridized carbons (Fsp3) is 0.333. The molecule has 0 heterocycles. The molecule has 0 aromatic heterocycles. The number of hydrogen-bond donors (Lipinski definition) is 3. The molecule has 28 heavy (non-hydrogen) atoms. The zero-order valence-electron chi connectivity index (χ0n) is 16.4. The number of hydrogen-bond acceptors (Lipinski definition) is 3. The van der Waals surface area contributed by atoms with Crippen molar-refractivity contribution >= 4 is 27.6 Å². The van der Waals surface area contributed by atoms with Crippen molar-refractivity contribution in [3.05, 3.63) is 76.8 Å². The van der Waals surface area contributed by atoms with Crippen molar-refractivity contribution in [2.24, 2.45) is 11.8 Å². The number of aromatic hydroxyl groups is 1. The van der Waals surface area contributed by atoms with Crippen LogP contribution in [0.1, 0.15) is 37.8 Å². The van der Waals surface area contributed by atoms with Crippen LogP contribution >= 0.6 is 15.9 Å². The minimum Gasteiger partial charge on any atom is -0.507 e. The van der Waals surface area contributed by atoms with Gasteiger partial charge in [-0.1, -0.05) is 66.2 Å². The molecule has 150 valence electrons. The standard InChI is InChI=1S/C24H29BrO3/c1-4-21(24(28)16(2)3)23(27)12-10-18(17-8-6-5-7-9-17)14-19-15-20(25)11-13-22(19)26/h4-9,11,13-16,21,23-24,26-28H,1,10,12H2,2-3H3/b18-14-/t21-,23-,24-/m1/s1. The monoisotopic (exact) mass is 444 g/mol. The summed E-state index contributed by atoms with van der Waals surface area (Å²) in [5, 5.41) is 31.2. The van der Waals surface area contributed by atoms with E-state index in [2.05, 4.69) is 22.5 Å². The lowest BCUT2D eigenvalue weighted by molar-refractivity contribution is 0.00939. The molecule has 0 radical (unpaired) electrons. The molecule has 4 heteroatoms. The van der Waals surface area contributed by atoms with Gasteiger partial charge in [0.15, 0.2) is 0 Å². The van der Waals surface area contributed by atoms with Crippen LogP contribution < -0.4 is 0 Å². The average molecular weight is 445 g/mol. The number of rotatable bonds is 9. The van der Waals surface area contributed by atoms with E-state index >= 15 is 0 Å². The van der Waals surface area contributed by atoms with E-state index in [0.717, 1.165) is 15.6 Å². The zero-order valence-corrected chi connectivity index (χ0v) is 18.0. The number of allylic oxidation sites excluding steroid dienone is 1. The van der Waals surface area contributed by atoms with Crippen molar-refractivity contribution in [2.45, 2.75) is 38.9 Å². The summed E-state index contributed by atoms with van der Waals surface area (Å²) >= 11 is 3.44. The summed E-state index contributed by atoms with van der Waals surface area (Å²) in [6.45, 7) is 7.65. The van der Waals surface area contributed by atoms with Crippen LogP contribution in [0.3, 0.4) is 0 Å². The van der Waals surface area contributed by atoms with Crippen LogP contribution in [-0.4, -0.2) is 27.5 Å². The third-order valence-corrected chi connectivity index (χ3v) is 5.46. The van der Waals surface area contributed by atoms with Gasteiger partial charge < -0.3 is 15.3 Å². The number of aliphatic hydroxyl groups is 2. The predicted molar refractivity (Wildman–Crippen MR) is 120 cm³/mol. The number of phenolic OH excluding ortho intramolecular Hbond substituents is 1. The van der Waals surface area contributed by atoms with E-state index in [1.165, 1.54) is 0 Å². The Labute approximate surface area is 176 Å². The molecular weight excluding hydrogens is 416 g/mol. The summed E-state index contributed by atoms with van der Waals surface area (Å²) in [6.07, 6.45) is 3.34. The molecule has 0 amide bonds. The molecule has 0 saturated carbocycles. The van der Waals surface area contributed by atoms with Crippen LogP contribution in [0.5, 0.6) is 5.75 Å². The molecule has 2 aromatic carbocycles. The average Bonchev–Trinajstić information content (AvgIpc) is 2.68. The third-order valence-electron chi connectivity index (χ3n) is 4.97. The molecule has 0 spiro atoms. The molecule has 0 aliphatic rings. The first-order valence-electron chi connectivity index (χ1n) is 9.56. The van der Waals surface area contributed by atoms with Crippen LogP contribution in [0.2, 0.25) is 0 Å². The van der Waals surface area contributed by atoms with E-state index in [1.807, 2.05) is 56.3 Å². The largest absolute Gasteiger partial charge is 0.507 e. The quantitative estimate of drug-likeness (QED) is 0.345. The first-order chi connectivity index (χ1) is 13.3. The smallest absolute Gasteiger partial charge is 0.122 e. The van der Waals surface area contributed by atoms with Gasteiger partial charge in [0.25, 0.3) is 0 Å². The lowest BCUT2D eigenvalue weighted by atomic mass is 9.85. The van der Waals surface area contributed by atoms with Gasteiger partial charge in [-0.25, -0.2) is 0 Å². The highest BCUT2D eigenvalue weighted by atomic mass is 79.9. The van der Waals surface area contributed by atoms with Crippen LogP contribution in [0.4, 0.5) is 0 Å². The summed E-state index contributed by atoms with van der Waals surface area (Å²) < 4.78 is 0.885. The molecule has 0 saturated heterocycles. The normalized spacial score (nSPS) is 15.3. The van der Waals surface area contributed by atoms with Crippen molar-refractivity contribution in [2.75, 3.05) is 0 Å². The second-order valence-electron chi connectivity index (χ2n) is 7.39. The maximum absolute atomic E-state index is 10.7. The van der Waals surface area contributed by atoms with E-state index in [9.17, 15) is 15.3 Å². The van der Waals surface area contributed by atoms with Crippen molar-refractivity contribution in [3.63, 3.8) is 0 Å². The third kappa shape index (κ3) is 6.06. The molecule has 0 bridgehead atoms. The zero-order chi connectivity index (χ0) is 20.7. The summed E-state index contributed by atoms with van der Waals surface area (Å²) in [4.78, 5) is 0. The van der Waals surface area contributed by atoms with E-state index in [4.69, 9.17) is 0 Å². The molecule has 0 aliphatic heterocycles. The fourth-order valence-electron chi connectivity index (χ4n) is 3.25. The Balaban J connectivity index is 2.27. The first kappa shape index (κ1) is 22.4. The number of halogens is 1. The fourth-order valence-corrected chi connectivity index (χ4v) is 3.62. The predicted octanol–water partition coefficient (Wildman–Crippen LogP) is 5.66. The van der Waals surface area contributed by atoms with Gasteiger partial charge in [0.1, 0.15) is 5.75 Å². The molecule has 0 aliphatic carbocycles. The highest BCUT2D eigenvalue weighted by Gasteiger charge is 2.26. The Morgan fingerprint density at radius 2 is 1.79 bits per heavy atom. The number of aliphatic hydroxyl groups excluding tert-OH is 2. The van der Waals surface area contributed by atoms with Gasteiger partial charge in [0.2, 0.25) is 0 Å².